The molecule has 4 N–H and O–H groups in total. The van der Waals surface area contributed by atoms with Gasteiger partial charge in [0.2, 0.25) is 5.91 Å². The number of fused-ring (bicyclic) bond motifs is 1. The quantitative estimate of drug-likeness (QED) is 0.358. The van der Waals surface area contributed by atoms with Crippen LogP contribution in [0, 0.1) is 0 Å². The van der Waals surface area contributed by atoms with Crippen molar-refractivity contribution in [1.82, 2.24) is 10.3 Å². The van der Waals surface area contributed by atoms with Gasteiger partial charge in [-0.1, -0.05) is 36.4 Å². The third-order valence-corrected chi connectivity index (χ3v) is 4.87. The summed E-state index contributed by atoms with van der Waals surface area (Å²) in [6.45, 7) is 0. The molecule has 0 fully saturated rings. The Morgan fingerprint density at radius 1 is 1.03 bits per heavy atom. The Balaban J connectivity index is 1.55. The van der Waals surface area contributed by atoms with Gasteiger partial charge in [0, 0.05) is 29.9 Å². The highest BCUT2D eigenvalue weighted by atomic mass is 16.5. The van der Waals surface area contributed by atoms with Gasteiger partial charge in [-0.05, 0) is 30.2 Å². The van der Waals surface area contributed by atoms with Crippen LogP contribution >= 0.6 is 0 Å². The number of esters is 2. The van der Waals surface area contributed by atoms with Gasteiger partial charge < -0.3 is 25.5 Å². The molecule has 2 atom stereocenters. The first-order valence-corrected chi connectivity index (χ1v) is 9.92. The van der Waals surface area contributed by atoms with E-state index in [0.29, 0.717) is 5.75 Å². The molecule has 0 aliphatic rings. The van der Waals surface area contributed by atoms with Crippen LogP contribution < -0.4 is 15.8 Å². The number of rotatable bonds is 9. The Morgan fingerprint density at radius 2 is 1.74 bits per heavy atom. The maximum atomic E-state index is 12.4. The molecule has 0 saturated heterocycles. The van der Waals surface area contributed by atoms with Gasteiger partial charge in [-0.2, -0.15) is 0 Å². The van der Waals surface area contributed by atoms with Crippen LogP contribution in [0.3, 0.4) is 0 Å². The second kappa shape index (κ2) is 10.4. The Hall–Kier alpha value is -3.65. The number of carbonyl (C=O) groups is 3. The second-order valence-electron chi connectivity index (χ2n) is 7.09. The number of para-hydroxylation sites is 2. The smallest absolute Gasteiger partial charge is 0.328 e. The zero-order valence-electron chi connectivity index (χ0n) is 17.2. The van der Waals surface area contributed by atoms with Crippen molar-refractivity contribution in [1.29, 1.82) is 0 Å². The summed E-state index contributed by atoms with van der Waals surface area (Å²) in [7, 11) is 1.27. The number of hydrogen-bond acceptors (Lipinski definition) is 6. The van der Waals surface area contributed by atoms with E-state index in [0.717, 1.165) is 16.5 Å². The molecule has 0 unspecified atom stereocenters. The Bertz CT molecular complexity index is 1050. The average Bonchev–Trinajstić information content (AvgIpc) is 3.20. The number of ether oxygens (including phenoxy) is 2. The molecule has 2 aromatic carbocycles. The van der Waals surface area contributed by atoms with Crippen LogP contribution in [0.4, 0.5) is 0 Å². The second-order valence-corrected chi connectivity index (χ2v) is 7.09. The maximum absolute atomic E-state index is 12.4. The van der Waals surface area contributed by atoms with Crippen molar-refractivity contribution in [2.24, 2.45) is 5.73 Å². The van der Waals surface area contributed by atoms with Crippen molar-refractivity contribution in [3.63, 3.8) is 0 Å². The van der Waals surface area contributed by atoms with E-state index in [9.17, 15) is 14.4 Å². The third-order valence-electron chi connectivity index (χ3n) is 4.87. The van der Waals surface area contributed by atoms with Crippen LogP contribution in [0.5, 0.6) is 5.75 Å². The molecule has 0 aliphatic carbocycles. The number of aromatic nitrogens is 1. The van der Waals surface area contributed by atoms with E-state index in [1.54, 1.807) is 30.3 Å². The van der Waals surface area contributed by atoms with Gasteiger partial charge in [0.25, 0.3) is 0 Å². The summed E-state index contributed by atoms with van der Waals surface area (Å²) >= 11 is 0. The van der Waals surface area contributed by atoms with Crippen LogP contribution in [-0.2, 0) is 25.5 Å². The molecule has 3 rings (SSSR count). The molecule has 0 radical (unpaired) electrons. The Labute approximate surface area is 179 Å². The summed E-state index contributed by atoms with van der Waals surface area (Å²) in [6, 6.07) is 14.4. The molecule has 1 amide bonds. The molecule has 0 saturated carbocycles. The first-order valence-electron chi connectivity index (χ1n) is 9.92. The standard InChI is InChI=1S/C23H25N3O5/c1-30-23(29)20(13-15-14-25-19-10-6-5-9-17(15)19)26-21(27)12-11-18(24)22(28)31-16-7-3-2-4-8-16/h2-10,14,18,20,25H,11-13,24H2,1H3,(H,26,27)/t18-,20-/m1/s1. The lowest BCUT2D eigenvalue weighted by Gasteiger charge is -2.17. The predicted octanol–water partition coefficient (Wildman–Crippen LogP) is 2.08. The minimum atomic E-state index is -0.962. The van der Waals surface area contributed by atoms with Crippen molar-refractivity contribution < 1.29 is 23.9 Å². The summed E-state index contributed by atoms with van der Waals surface area (Å²) in [5.41, 5.74) is 7.68. The molecular weight excluding hydrogens is 398 g/mol. The normalized spacial score (nSPS) is 12.7. The van der Waals surface area contributed by atoms with Crippen LogP contribution in [0.1, 0.15) is 18.4 Å². The number of nitrogens with one attached hydrogen (secondary N) is 2. The summed E-state index contributed by atoms with van der Waals surface area (Å²) < 4.78 is 10.0. The summed E-state index contributed by atoms with van der Waals surface area (Å²) in [4.78, 5) is 39.9. The summed E-state index contributed by atoms with van der Waals surface area (Å²) in [6.07, 6.45) is 2.12. The number of carbonyl (C=O) groups excluding carboxylic acids is 3. The molecule has 31 heavy (non-hydrogen) atoms. The number of aromatic amines is 1. The minimum Gasteiger partial charge on any atom is -0.467 e. The average molecular weight is 423 g/mol. The van der Waals surface area contributed by atoms with E-state index in [2.05, 4.69) is 10.3 Å². The van der Waals surface area contributed by atoms with Gasteiger partial charge in [-0.3, -0.25) is 4.79 Å². The van der Waals surface area contributed by atoms with E-state index in [1.807, 2.05) is 30.5 Å². The van der Waals surface area contributed by atoms with E-state index in [4.69, 9.17) is 15.2 Å². The van der Waals surface area contributed by atoms with Gasteiger partial charge in [0.05, 0.1) is 7.11 Å². The van der Waals surface area contributed by atoms with Crippen molar-refractivity contribution in [3.8, 4) is 5.75 Å². The fourth-order valence-corrected chi connectivity index (χ4v) is 3.21. The number of nitrogens with two attached hydrogens (primary N) is 1. The fourth-order valence-electron chi connectivity index (χ4n) is 3.21. The van der Waals surface area contributed by atoms with E-state index in [-0.39, 0.29) is 19.3 Å². The summed E-state index contributed by atoms with van der Waals surface area (Å²) in [5.74, 6) is -1.19. The highest BCUT2D eigenvalue weighted by Crippen LogP contribution is 2.19. The zero-order valence-corrected chi connectivity index (χ0v) is 17.2. The van der Waals surface area contributed by atoms with Crippen LogP contribution in [0.15, 0.2) is 60.8 Å². The highest BCUT2D eigenvalue weighted by molar-refractivity contribution is 5.87. The van der Waals surface area contributed by atoms with Crippen LogP contribution in [-0.4, -0.2) is 42.0 Å². The first kappa shape index (κ1) is 22.0. The Morgan fingerprint density at radius 3 is 2.48 bits per heavy atom. The predicted molar refractivity (Wildman–Crippen MR) is 115 cm³/mol. The number of H-pyrrole nitrogens is 1. The number of hydrogen-bond donors (Lipinski definition) is 3. The minimum absolute atomic E-state index is 0.0353. The molecule has 0 aliphatic heterocycles. The molecule has 1 aromatic heterocycles. The lowest BCUT2D eigenvalue weighted by Crippen LogP contribution is -2.44. The molecular formula is C23H25N3O5. The first-order chi connectivity index (χ1) is 15.0. The molecule has 3 aromatic rings. The van der Waals surface area contributed by atoms with E-state index < -0.39 is 29.9 Å². The third kappa shape index (κ3) is 5.93. The van der Waals surface area contributed by atoms with Gasteiger partial charge in [0.1, 0.15) is 17.8 Å². The largest absolute Gasteiger partial charge is 0.467 e. The fraction of sp³-hybridized carbons (Fsp3) is 0.261. The molecule has 162 valence electrons. The highest BCUT2D eigenvalue weighted by Gasteiger charge is 2.24. The van der Waals surface area contributed by atoms with Crippen LogP contribution in [0.25, 0.3) is 10.9 Å². The lowest BCUT2D eigenvalue weighted by atomic mass is 10.0. The maximum Gasteiger partial charge on any atom is 0.328 e. The van der Waals surface area contributed by atoms with Crippen molar-refractivity contribution >= 4 is 28.7 Å². The van der Waals surface area contributed by atoms with Crippen molar-refractivity contribution in [2.75, 3.05) is 7.11 Å². The molecule has 8 heteroatoms. The number of amides is 1. The molecule has 1 heterocycles. The van der Waals surface area contributed by atoms with Crippen molar-refractivity contribution in [2.45, 2.75) is 31.3 Å². The van der Waals surface area contributed by atoms with Crippen LogP contribution in [0.2, 0.25) is 0 Å². The van der Waals surface area contributed by atoms with Crippen molar-refractivity contribution in [3.05, 3.63) is 66.4 Å². The molecule has 8 nitrogen and oxygen atoms in total. The Kier molecular flexibility index (Phi) is 7.40. The van der Waals surface area contributed by atoms with Gasteiger partial charge >= 0.3 is 11.9 Å². The van der Waals surface area contributed by atoms with E-state index >= 15 is 0 Å². The topological polar surface area (TPSA) is 124 Å². The monoisotopic (exact) mass is 423 g/mol. The number of methoxy groups -OCH3 is 1. The lowest BCUT2D eigenvalue weighted by molar-refractivity contribution is -0.145. The van der Waals surface area contributed by atoms with E-state index in [1.165, 1.54) is 7.11 Å². The van der Waals surface area contributed by atoms with Gasteiger partial charge in [0.15, 0.2) is 0 Å². The molecule has 0 bridgehead atoms. The van der Waals surface area contributed by atoms with Gasteiger partial charge in [-0.15, -0.1) is 0 Å². The van der Waals surface area contributed by atoms with Gasteiger partial charge in [-0.25, -0.2) is 9.59 Å². The number of benzene rings is 2. The molecule has 0 spiro atoms. The SMILES string of the molecule is COC(=O)[C@@H](Cc1c[nH]c2ccccc12)NC(=O)CC[C@@H](N)C(=O)Oc1ccccc1. The zero-order chi connectivity index (χ0) is 22.2. The summed E-state index contributed by atoms with van der Waals surface area (Å²) in [5, 5.41) is 3.65.